The molecule has 2 heterocycles. The molecule has 0 fully saturated rings. The second-order valence-electron chi connectivity index (χ2n) is 5.11. The number of nitrogens with one attached hydrogen (secondary N) is 4. The van der Waals surface area contributed by atoms with Crippen molar-refractivity contribution in [2.24, 2.45) is 0 Å². The second-order valence-corrected chi connectivity index (χ2v) is 5.11. The van der Waals surface area contributed by atoms with Crippen LogP contribution in [-0.4, -0.2) is 31.8 Å². The number of H-pyrrole nitrogens is 2. The molecule has 2 aromatic heterocycles. The number of hydrogen-bond acceptors (Lipinski definition) is 4. The van der Waals surface area contributed by atoms with Crippen molar-refractivity contribution in [2.75, 3.05) is 10.6 Å². The van der Waals surface area contributed by atoms with E-state index < -0.39 is 11.8 Å². The molecule has 118 valence electrons. The van der Waals surface area contributed by atoms with Gasteiger partial charge in [-0.15, -0.1) is 0 Å². The van der Waals surface area contributed by atoms with Gasteiger partial charge in [-0.25, -0.2) is 9.97 Å². The molecule has 24 heavy (non-hydrogen) atoms. The fourth-order valence-corrected chi connectivity index (χ4v) is 2.35. The van der Waals surface area contributed by atoms with Gasteiger partial charge in [-0.2, -0.15) is 0 Å². The molecule has 8 heteroatoms. The lowest BCUT2D eigenvalue weighted by Gasteiger charge is -2.01. The molecule has 0 saturated heterocycles. The molecule has 0 atom stereocenters. The van der Waals surface area contributed by atoms with E-state index in [2.05, 4.69) is 30.6 Å². The van der Waals surface area contributed by atoms with Crippen LogP contribution in [-0.2, 0) is 9.59 Å². The van der Waals surface area contributed by atoms with Crippen LogP contribution in [0.15, 0.2) is 48.5 Å². The van der Waals surface area contributed by atoms with Gasteiger partial charge in [-0.05, 0) is 24.3 Å². The van der Waals surface area contributed by atoms with Crippen LogP contribution in [0.25, 0.3) is 22.1 Å². The first-order valence-corrected chi connectivity index (χ1v) is 7.21. The Kier molecular flexibility index (Phi) is 3.20. The van der Waals surface area contributed by atoms with E-state index in [1.54, 1.807) is 12.1 Å². The lowest BCUT2D eigenvalue weighted by atomic mass is 10.3. The zero-order valence-corrected chi connectivity index (χ0v) is 12.3. The van der Waals surface area contributed by atoms with E-state index in [0.29, 0.717) is 11.0 Å². The van der Waals surface area contributed by atoms with Crippen LogP contribution in [0, 0.1) is 0 Å². The van der Waals surface area contributed by atoms with Crippen molar-refractivity contribution in [3.05, 3.63) is 48.5 Å². The summed E-state index contributed by atoms with van der Waals surface area (Å²) in [5.74, 6) is -1.26. The molecule has 0 saturated carbocycles. The highest BCUT2D eigenvalue weighted by Crippen LogP contribution is 2.14. The number of imidazole rings is 2. The molecule has 0 radical (unpaired) electrons. The van der Waals surface area contributed by atoms with Crippen LogP contribution in [0.3, 0.4) is 0 Å². The number of carbonyl (C=O) groups is 2. The molecule has 0 aliphatic rings. The minimum absolute atomic E-state index is 0.209. The van der Waals surface area contributed by atoms with E-state index in [0.717, 1.165) is 11.0 Å². The molecule has 0 bridgehead atoms. The molecule has 4 N–H and O–H groups in total. The largest absolute Gasteiger partial charge is 0.324 e. The van der Waals surface area contributed by atoms with Crippen molar-refractivity contribution in [1.82, 2.24) is 19.9 Å². The Morgan fingerprint density at radius 3 is 1.54 bits per heavy atom. The van der Waals surface area contributed by atoms with Gasteiger partial charge in [-0.3, -0.25) is 20.2 Å². The first kappa shape index (κ1) is 13.9. The quantitative estimate of drug-likeness (QED) is 0.423. The highest BCUT2D eigenvalue weighted by atomic mass is 16.2. The monoisotopic (exact) mass is 320 g/mol. The number of aromatic amines is 2. The van der Waals surface area contributed by atoms with Crippen LogP contribution < -0.4 is 10.6 Å². The standard InChI is InChI=1S/C16H12N6O2/c23-13(21-15-17-9-5-1-2-6-10(9)18-15)14(24)22-16-19-11-7-3-4-8-12(11)20-16/h1-8H,(H2,17,18,21,23)(H2,19,20,22,24). The van der Waals surface area contributed by atoms with Crippen molar-refractivity contribution in [2.45, 2.75) is 0 Å². The summed E-state index contributed by atoms with van der Waals surface area (Å²) in [6, 6.07) is 14.6. The van der Waals surface area contributed by atoms with E-state index in [4.69, 9.17) is 0 Å². The molecule has 4 rings (SSSR count). The van der Waals surface area contributed by atoms with E-state index in [9.17, 15) is 9.59 Å². The van der Waals surface area contributed by atoms with Gasteiger partial charge in [0.2, 0.25) is 11.9 Å². The molecule has 0 aliphatic carbocycles. The molecule has 8 nitrogen and oxygen atoms in total. The lowest BCUT2D eigenvalue weighted by Crippen LogP contribution is -2.29. The number of amides is 2. The smallest absolute Gasteiger partial charge is 0.316 e. The Hall–Kier alpha value is -3.68. The Morgan fingerprint density at radius 1 is 0.708 bits per heavy atom. The maximum Gasteiger partial charge on any atom is 0.316 e. The number of carbonyl (C=O) groups excluding carboxylic acids is 2. The van der Waals surface area contributed by atoms with Crippen molar-refractivity contribution in [1.29, 1.82) is 0 Å². The van der Waals surface area contributed by atoms with Gasteiger partial charge >= 0.3 is 11.8 Å². The Labute approximate surface area is 135 Å². The third-order valence-electron chi connectivity index (χ3n) is 3.45. The summed E-state index contributed by atoms with van der Waals surface area (Å²) in [5.41, 5.74) is 2.94. The number of anilines is 2. The minimum atomic E-state index is -0.838. The summed E-state index contributed by atoms with van der Waals surface area (Å²) in [6.45, 7) is 0. The number of para-hydroxylation sites is 4. The summed E-state index contributed by atoms with van der Waals surface area (Å²) in [4.78, 5) is 38.2. The average Bonchev–Trinajstić information content (AvgIpc) is 3.16. The van der Waals surface area contributed by atoms with Crippen LogP contribution in [0.4, 0.5) is 11.9 Å². The highest BCUT2D eigenvalue weighted by molar-refractivity contribution is 6.43. The topological polar surface area (TPSA) is 116 Å². The van der Waals surface area contributed by atoms with Gasteiger partial charge in [0, 0.05) is 0 Å². The summed E-state index contributed by atoms with van der Waals surface area (Å²) >= 11 is 0. The molecule has 2 amide bonds. The predicted molar refractivity (Wildman–Crippen MR) is 89.4 cm³/mol. The molecule has 2 aromatic carbocycles. The van der Waals surface area contributed by atoms with E-state index in [1.807, 2.05) is 36.4 Å². The SMILES string of the molecule is O=C(Nc1nc2ccccc2[nH]1)C(=O)Nc1nc2ccccc2[nH]1. The second kappa shape index (κ2) is 5.51. The van der Waals surface area contributed by atoms with Gasteiger partial charge in [0.1, 0.15) is 0 Å². The van der Waals surface area contributed by atoms with Gasteiger partial charge in [-0.1, -0.05) is 24.3 Å². The van der Waals surface area contributed by atoms with Crippen LogP contribution >= 0.6 is 0 Å². The fraction of sp³-hybridized carbons (Fsp3) is 0. The van der Waals surface area contributed by atoms with Gasteiger partial charge in [0.05, 0.1) is 22.1 Å². The van der Waals surface area contributed by atoms with Crippen LogP contribution in [0.1, 0.15) is 0 Å². The summed E-state index contributed by atoms with van der Waals surface area (Å²) < 4.78 is 0. The number of benzene rings is 2. The lowest BCUT2D eigenvalue weighted by molar-refractivity contribution is -0.133. The molecule has 0 spiro atoms. The Morgan fingerprint density at radius 2 is 1.12 bits per heavy atom. The van der Waals surface area contributed by atoms with Crippen molar-refractivity contribution >= 4 is 45.8 Å². The number of aromatic nitrogens is 4. The Balaban J connectivity index is 1.48. The maximum atomic E-state index is 12.0. The maximum absolute atomic E-state index is 12.0. The van der Waals surface area contributed by atoms with Crippen molar-refractivity contribution in [3.63, 3.8) is 0 Å². The van der Waals surface area contributed by atoms with Crippen molar-refractivity contribution < 1.29 is 9.59 Å². The molecule has 0 aliphatic heterocycles. The average molecular weight is 320 g/mol. The van der Waals surface area contributed by atoms with Gasteiger partial charge in [0.15, 0.2) is 0 Å². The summed E-state index contributed by atoms with van der Waals surface area (Å²) in [5, 5.41) is 4.85. The first-order chi connectivity index (χ1) is 11.7. The zero-order valence-electron chi connectivity index (χ0n) is 12.3. The fourth-order valence-electron chi connectivity index (χ4n) is 2.35. The molecule has 0 unspecified atom stereocenters. The molecular formula is C16H12N6O2. The Bertz CT molecular complexity index is 913. The number of rotatable bonds is 2. The minimum Gasteiger partial charge on any atom is -0.324 e. The van der Waals surface area contributed by atoms with E-state index in [1.165, 1.54) is 0 Å². The van der Waals surface area contributed by atoms with Crippen LogP contribution in [0.2, 0.25) is 0 Å². The highest BCUT2D eigenvalue weighted by Gasteiger charge is 2.17. The van der Waals surface area contributed by atoms with E-state index >= 15 is 0 Å². The number of fused-ring (bicyclic) bond motifs is 2. The van der Waals surface area contributed by atoms with Crippen molar-refractivity contribution in [3.8, 4) is 0 Å². The summed E-state index contributed by atoms with van der Waals surface area (Å²) in [6.07, 6.45) is 0. The third kappa shape index (κ3) is 2.56. The van der Waals surface area contributed by atoms with Gasteiger partial charge in [0.25, 0.3) is 0 Å². The first-order valence-electron chi connectivity index (χ1n) is 7.21. The third-order valence-corrected chi connectivity index (χ3v) is 3.45. The molecule has 4 aromatic rings. The van der Waals surface area contributed by atoms with Crippen LogP contribution in [0.5, 0.6) is 0 Å². The summed E-state index contributed by atoms with van der Waals surface area (Å²) in [7, 11) is 0. The van der Waals surface area contributed by atoms with E-state index in [-0.39, 0.29) is 11.9 Å². The van der Waals surface area contributed by atoms with Gasteiger partial charge < -0.3 is 9.97 Å². The zero-order chi connectivity index (χ0) is 16.5. The molecular weight excluding hydrogens is 308 g/mol. The number of nitrogens with zero attached hydrogens (tertiary/aromatic N) is 2. The number of hydrogen-bond donors (Lipinski definition) is 4. The normalized spacial score (nSPS) is 10.8. The predicted octanol–water partition coefficient (Wildman–Crippen LogP) is 2.02.